The molecular formula is C15H20N2O2. The van der Waals surface area contributed by atoms with Crippen molar-refractivity contribution in [3.63, 3.8) is 0 Å². The van der Waals surface area contributed by atoms with Gasteiger partial charge in [0.25, 0.3) is 5.91 Å². The molecule has 102 valence electrons. The zero-order chi connectivity index (χ0) is 13.7. The first-order valence-electron chi connectivity index (χ1n) is 6.74. The van der Waals surface area contributed by atoms with Gasteiger partial charge in [-0.3, -0.25) is 4.79 Å². The van der Waals surface area contributed by atoms with Gasteiger partial charge in [0.15, 0.2) is 0 Å². The van der Waals surface area contributed by atoms with E-state index in [2.05, 4.69) is 17.4 Å². The van der Waals surface area contributed by atoms with Crippen LogP contribution in [0.4, 0.5) is 0 Å². The van der Waals surface area contributed by atoms with E-state index in [1.54, 1.807) is 6.92 Å². The minimum Gasteiger partial charge on any atom is -0.379 e. The van der Waals surface area contributed by atoms with Crippen LogP contribution >= 0.6 is 0 Å². The Morgan fingerprint density at radius 3 is 2.84 bits per heavy atom. The van der Waals surface area contributed by atoms with E-state index >= 15 is 0 Å². The summed E-state index contributed by atoms with van der Waals surface area (Å²) in [6, 6.07) is 9.81. The van der Waals surface area contributed by atoms with Crippen LogP contribution in [0, 0.1) is 0 Å². The Kier molecular flexibility index (Phi) is 4.20. The largest absolute Gasteiger partial charge is 0.379 e. The first-order chi connectivity index (χ1) is 9.15. The summed E-state index contributed by atoms with van der Waals surface area (Å²) in [5, 5.41) is 6.97. The van der Waals surface area contributed by atoms with Crippen molar-refractivity contribution in [1.29, 1.82) is 0 Å². The maximum atomic E-state index is 12.1. The second kappa shape index (κ2) is 5.87. The van der Waals surface area contributed by atoms with Crippen LogP contribution in [0.25, 0.3) is 0 Å². The molecule has 0 bridgehead atoms. The Balaban J connectivity index is 1.97. The smallest absolute Gasteiger partial charge is 0.267 e. The van der Waals surface area contributed by atoms with Gasteiger partial charge in [0.1, 0.15) is 0 Å². The van der Waals surface area contributed by atoms with Crippen LogP contribution in [0.5, 0.6) is 0 Å². The Hall–Kier alpha value is -1.84. The minimum absolute atomic E-state index is 0.0874. The summed E-state index contributed by atoms with van der Waals surface area (Å²) in [7, 11) is 0. The predicted octanol–water partition coefficient (Wildman–Crippen LogP) is 2.49. The Bertz CT molecular complexity index is 470. The summed E-state index contributed by atoms with van der Waals surface area (Å²) < 4.78 is 0. The van der Waals surface area contributed by atoms with Crippen molar-refractivity contribution in [2.24, 2.45) is 5.16 Å². The Morgan fingerprint density at radius 1 is 1.42 bits per heavy atom. The van der Waals surface area contributed by atoms with E-state index in [0.29, 0.717) is 13.0 Å². The number of hydrogen-bond donors (Lipinski definition) is 1. The average molecular weight is 260 g/mol. The van der Waals surface area contributed by atoms with Gasteiger partial charge in [0.05, 0.1) is 5.71 Å². The van der Waals surface area contributed by atoms with Crippen molar-refractivity contribution in [3.05, 3.63) is 35.9 Å². The number of hydrogen-bond acceptors (Lipinski definition) is 3. The fourth-order valence-corrected chi connectivity index (χ4v) is 2.01. The second-order valence-corrected chi connectivity index (χ2v) is 5.01. The summed E-state index contributed by atoms with van der Waals surface area (Å²) >= 11 is 0. The summed E-state index contributed by atoms with van der Waals surface area (Å²) in [4.78, 5) is 17.5. The van der Waals surface area contributed by atoms with E-state index < -0.39 is 5.60 Å². The quantitative estimate of drug-likeness (QED) is 0.827. The third-order valence-electron chi connectivity index (χ3n) is 3.27. The van der Waals surface area contributed by atoms with Gasteiger partial charge in [-0.1, -0.05) is 48.8 Å². The zero-order valence-electron chi connectivity index (χ0n) is 11.5. The molecule has 1 atom stereocenters. The molecule has 1 heterocycles. The van der Waals surface area contributed by atoms with Crippen molar-refractivity contribution in [3.8, 4) is 0 Å². The average Bonchev–Trinajstić information content (AvgIpc) is 2.84. The number of unbranched alkanes of at least 4 members (excludes halogenated alkanes) is 1. The molecule has 0 saturated carbocycles. The first kappa shape index (κ1) is 13.6. The van der Waals surface area contributed by atoms with Crippen molar-refractivity contribution >= 4 is 11.6 Å². The van der Waals surface area contributed by atoms with Gasteiger partial charge in [0, 0.05) is 13.0 Å². The first-order valence-corrected chi connectivity index (χ1v) is 6.74. The molecule has 0 aliphatic carbocycles. The van der Waals surface area contributed by atoms with Crippen LogP contribution in [-0.4, -0.2) is 23.8 Å². The number of nitrogens with one attached hydrogen (secondary N) is 1. The maximum Gasteiger partial charge on any atom is 0.267 e. The zero-order valence-corrected chi connectivity index (χ0v) is 11.5. The summed E-state index contributed by atoms with van der Waals surface area (Å²) in [6.07, 6.45) is 2.55. The molecule has 0 spiro atoms. The Morgan fingerprint density at radius 2 is 2.16 bits per heavy atom. The molecule has 0 fully saturated rings. The number of rotatable bonds is 5. The monoisotopic (exact) mass is 260 g/mol. The summed E-state index contributed by atoms with van der Waals surface area (Å²) in [6.45, 7) is 4.57. The normalized spacial score (nSPS) is 21.7. The lowest BCUT2D eigenvalue weighted by molar-refractivity contribution is -0.141. The van der Waals surface area contributed by atoms with Gasteiger partial charge >= 0.3 is 0 Å². The lowest BCUT2D eigenvalue weighted by atomic mass is 9.95. The van der Waals surface area contributed by atoms with Crippen molar-refractivity contribution < 1.29 is 9.63 Å². The lowest BCUT2D eigenvalue weighted by Gasteiger charge is -2.20. The topological polar surface area (TPSA) is 50.7 Å². The van der Waals surface area contributed by atoms with Gasteiger partial charge in [-0.15, -0.1) is 0 Å². The number of benzene rings is 1. The Labute approximate surface area is 113 Å². The van der Waals surface area contributed by atoms with Gasteiger partial charge < -0.3 is 10.2 Å². The highest BCUT2D eigenvalue weighted by molar-refractivity contribution is 6.05. The van der Waals surface area contributed by atoms with Gasteiger partial charge in [-0.05, 0) is 18.9 Å². The maximum absolute atomic E-state index is 12.1. The van der Waals surface area contributed by atoms with Crippen molar-refractivity contribution in [1.82, 2.24) is 5.32 Å². The molecule has 0 saturated heterocycles. The molecule has 1 aromatic carbocycles. The van der Waals surface area contributed by atoms with Crippen LogP contribution in [0.1, 0.15) is 38.7 Å². The number of oxime groups is 1. The molecule has 1 N–H and O–H groups in total. The van der Waals surface area contributed by atoms with Crippen LogP contribution < -0.4 is 5.32 Å². The standard InChI is InChI=1S/C15H20N2O2/c1-3-4-10-16-14(18)15(2)11-13(17-19-15)12-8-6-5-7-9-12/h5-9H,3-4,10-11H2,1-2H3,(H,16,18)/t15-/m1/s1. The van der Waals surface area contributed by atoms with E-state index in [0.717, 1.165) is 24.1 Å². The predicted molar refractivity (Wildman–Crippen MR) is 75.0 cm³/mol. The molecule has 19 heavy (non-hydrogen) atoms. The van der Waals surface area contributed by atoms with Gasteiger partial charge in [-0.25, -0.2) is 0 Å². The molecule has 1 amide bonds. The molecule has 2 rings (SSSR count). The number of carbonyl (C=O) groups is 1. The molecule has 4 heteroatoms. The van der Waals surface area contributed by atoms with E-state index in [-0.39, 0.29) is 5.91 Å². The number of nitrogens with zero attached hydrogens (tertiary/aromatic N) is 1. The minimum atomic E-state index is -0.876. The third-order valence-corrected chi connectivity index (χ3v) is 3.27. The molecule has 0 unspecified atom stereocenters. The highest BCUT2D eigenvalue weighted by atomic mass is 16.7. The van der Waals surface area contributed by atoms with Crippen molar-refractivity contribution in [2.45, 2.75) is 38.7 Å². The highest BCUT2D eigenvalue weighted by Crippen LogP contribution is 2.26. The molecule has 0 aromatic heterocycles. The number of carbonyl (C=O) groups excluding carboxylic acids is 1. The molecule has 1 aliphatic heterocycles. The lowest BCUT2D eigenvalue weighted by Crippen LogP contribution is -2.45. The van der Waals surface area contributed by atoms with Crippen LogP contribution in [0.2, 0.25) is 0 Å². The van der Waals surface area contributed by atoms with Crippen LogP contribution in [0.3, 0.4) is 0 Å². The molecule has 1 aliphatic rings. The fourth-order valence-electron chi connectivity index (χ4n) is 2.01. The van der Waals surface area contributed by atoms with Gasteiger partial charge in [0.2, 0.25) is 5.60 Å². The SMILES string of the molecule is CCCCNC(=O)[C@@]1(C)CC(c2ccccc2)=NO1. The molecule has 0 radical (unpaired) electrons. The van der Waals surface area contributed by atoms with E-state index in [1.165, 1.54) is 0 Å². The third kappa shape index (κ3) is 3.13. The van der Waals surface area contributed by atoms with E-state index in [9.17, 15) is 4.79 Å². The molecular weight excluding hydrogens is 240 g/mol. The summed E-state index contributed by atoms with van der Waals surface area (Å²) in [5.41, 5.74) is 0.958. The molecule has 1 aromatic rings. The van der Waals surface area contributed by atoms with Crippen LogP contribution in [-0.2, 0) is 9.63 Å². The number of amides is 1. The second-order valence-electron chi connectivity index (χ2n) is 5.01. The van der Waals surface area contributed by atoms with Crippen LogP contribution in [0.15, 0.2) is 35.5 Å². The molecule has 4 nitrogen and oxygen atoms in total. The fraction of sp³-hybridized carbons (Fsp3) is 0.467. The van der Waals surface area contributed by atoms with Gasteiger partial charge in [-0.2, -0.15) is 0 Å². The van der Waals surface area contributed by atoms with E-state index in [4.69, 9.17) is 4.84 Å². The van der Waals surface area contributed by atoms with E-state index in [1.807, 2.05) is 30.3 Å². The summed E-state index contributed by atoms with van der Waals surface area (Å²) in [5.74, 6) is -0.0874. The van der Waals surface area contributed by atoms with Crippen molar-refractivity contribution in [2.75, 3.05) is 6.54 Å². The highest BCUT2D eigenvalue weighted by Gasteiger charge is 2.41.